The van der Waals surface area contributed by atoms with Crippen molar-refractivity contribution in [2.45, 2.75) is 0 Å². The van der Waals surface area contributed by atoms with Crippen molar-refractivity contribution in [3.8, 4) is 5.75 Å². The highest BCUT2D eigenvalue weighted by molar-refractivity contribution is 9.10. The number of carboxylic acid groups (broad SMARTS) is 1. The van der Waals surface area contributed by atoms with Gasteiger partial charge in [-0.05, 0) is 24.3 Å². The number of thioether (sulfide) groups is 1. The molecule has 0 atom stereocenters. The maximum absolute atomic E-state index is 11.8. The molecule has 23 heavy (non-hydrogen) atoms. The smallest absolute Gasteiger partial charge is 0.407 e. The molecule has 0 saturated carbocycles. The number of amides is 2. The Morgan fingerprint density at radius 2 is 2.30 bits per heavy atom. The summed E-state index contributed by atoms with van der Waals surface area (Å²) in [5, 5.41) is 11.4. The number of carbonyl (C=O) groups is 2. The third-order valence-electron chi connectivity index (χ3n) is 2.91. The van der Waals surface area contributed by atoms with Crippen LogP contribution in [0.25, 0.3) is 6.08 Å². The van der Waals surface area contributed by atoms with Gasteiger partial charge in [0.2, 0.25) is 0 Å². The molecular weight excluding hydrogens is 404 g/mol. The lowest BCUT2D eigenvalue weighted by atomic mass is 10.2. The molecule has 0 aliphatic carbocycles. The highest BCUT2D eigenvalue weighted by Gasteiger charge is 2.22. The highest BCUT2D eigenvalue weighted by Crippen LogP contribution is 2.31. The second-order valence-corrected chi connectivity index (χ2v) is 7.22. The summed E-state index contributed by atoms with van der Waals surface area (Å²) in [5.41, 5.74) is 0.708. The summed E-state index contributed by atoms with van der Waals surface area (Å²) in [6, 6.07) is 5.39. The molecule has 6 nitrogen and oxygen atoms in total. The molecule has 0 unspecified atom stereocenters. The quantitative estimate of drug-likeness (QED) is 0.567. The summed E-state index contributed by atoms with van der Waals surface area (Å²) in [4.78, 5) is 24.1. The van der Waals surface area contributed by atoms with Crippen LogP contribution in [0.4, 0.5) is 4.79 Å². The molecule has 0 aromatic heterocycles. The molecule has 2 N–H and O–H groups in total. The average Bonchev–Trinajstić information content (AvgIpc) is 2.79. The zero-order valence-electron chi connectivity index (χ0n) is 12.0. The molecule has 2 rings (SSSR count). The second kappa shape index (κ2) is 7.80. The van der Waals surface area contributed by atoms with Gasteiger partial charge >= 0.3 is 6.09 Å². The first-order valence-corrected chi connectivity index (χ1v) is 8.50. The topological polar surface area (TPSA) is 78.9 Å². The lowest BCUT2D eigenvalue weighted by Gasteiger charge is -2.15. The lowest BCUT2D eigenvalue weighted by molar-refractivity contribution is -0.115. The number of benzene rings is 1. The summed E-state index contributed by atoms with van der Waals surface area (Å²) in [6.45, 7) is 0.444. The third kappa shape index (κ3) is 4.95. The second-order valence-electron chi connectivity index (χ2n) is 4.59. The number of ether oxygens (including phenoxy) is 1. The fraction of sp³-hybridized carbons (Fsp3) is 0.214. The maximum Gasteiger partial charge on any atom is 0.407 e. The number of nitrogens with one attached hydrogen (secondary N) is 1. The van der Waals surface area contributed by atoms with Crippen LogP contribution >= 0.6 is 39.9 Å². The fourth-order valence-electron chi connectivity index (χ4n) is 1.71. The minimum absolute atomic E-state index is 0.207. The number of hydrogen-bond donors (Lipinski definition) is 2. The van der Waals surface area contributed by atoms with E-state index >= 15 is 0 Å². The van der Waals surface area contributed by atoms with Crippen molar-refractivity contribution in [1.29, 1.82) is 0 Å². The molecule has 1 aliphatic heterocycles. The first-order chi connectivity index (χ1) is 10.9. The van der Waals surface area contributed by atoms with Crippen LogP contribution < -0.4 is 10.1 Å². The van der Waals surface area contributed by atoms with Crippen LogP contribution in [0.2, 0.25) is 0 Å². The first kappa shape index (κ1) is 17.8. The Kier molecular flexibility index (Phi) is 6.03. The highest BCUT2D eigenvalue weighted by atomic mass is 79.9. The van der Waals surface area contributed by atoms with E-state index in [1.54, 1.807) is 12.1 Å². The third-order valence-corrected chi connectivity index (χ3v) is 4.57. The van der Waals surface area contributed by atoms with Crippen molar-refractivity contribution in [2.75, 3.05) is 20.2 Å². The molecule has 1 aliphatic rings. The molecule has 1 heterocycles. The van der Waals surface area contributed by atoms with Crippen molar-refractivity contribution >= 4 is 62.3 Å². The number of rotatable bonds is 5. The van der Waals surface area contributed by atoms with Gasteiger partial charge < -0.3 is 20.1 Å². The fourth-order valence-corrected chi connectivity index (χ4v) is 3.13. The monoisotopic (exact) mass is 416 g/mol. The SMILES string of the molecule is CN(CCOc1ccc(Br)cc1/C=C1\SC(=S)NC1=O)C(=O)O. The van der Waals surface area contributed by atoms with Gasteiger partial charge in [-0.25, -0.2) is 4.79 Å². The summed E-state index contributed by atoms with van der Waals surface area (Å²) in [5.74, 6) is 0.322. The normalized spacial score (nSPS) is 15.7. The first-order valence-electron chi connectivity index (χ1n) is 6.48. The van der Waals surface area contributed by atoms with E-state index in [9.17, 15) is 9.59 Å². The van der Waals surface area contributed by atoms with Gasteiger partial charge in [-0.1, -0.05) is 39.9 Å². The Labute approximate surface area is 151 Å². The van der Waals surface area contributed by atoms with E-state index in [1.807, 2.05) is 12.1 Å². The van der Waals surface area contributed by atoms with E-state index in [-0.39, 0.29) is 19.1 Å². The maximum atomic E-state index is 11.8. The van der Waals surface area contributed by atoms with Gasteiger partial charge in [0.1, 0.15) is 16.7 Å². The molecule has 9 heteroatoms. The van der Waals surface area contributed by atoms with Crippen molar-refractivity contribution in [3.63, 3.8) is 0 Å². The predicted octanol–water partition coefficient (Wildman–Crippen LogP) is 2.93. The van der Waals surface area contributed by atoms with Crippen molar-refractivity contribution in [2.24, 2.45) is 0 Å². The standard InChI is InChI=1S/C14H13BrN2O4S2/c1-17(14(19)20)4-5-21-10-3-2-9(15)6-8(10)7-11-12(18)16-13(22)23-11/h2-3,6-7H,4-5H2,1H3,(H,19,20)(H,16,18,22)/b11-7-. The zero-order valence-corrected chi connectivity index (χ0v) is 15.3. The molecule has 1 saturated heterocycles. The Bertz CT molecular complexity index is 693. The van der Waals surface area contributed by atoms with Gasteiger partial charge in [0.25, 0.3) is 5.91 Å². The van der Waals surface area contributed by atoms with Crippen LogP contribution in [0, 0.1) is 0 Å². The van der Waals surface area contributed by atoms with Gasteiger partial charge in [0.15, 0.2) is 0 Å². The Morgan fingerprint density at radius 1 is 1.57 bits per heavy atom. The number of hydrogen-bond acceptors (Lipinski definition) is 5. The van der Waals surface area contributed by atoms with Crippen LogP contribution in [-0.2, 0) is 4.79 Å². The van der Waals surface area contributed by atoms with Gasteiger partial charge in [-0.2, -0.15) is 0 Å². The summed E-state index contributed by atoms with van der Waals surface area (Å²) in [6.07, 6.45) is 0.680. The number of carbonyl (C=O) groups excluding carboxylic acids is 1. The van der Waals surface area contributed by atoms with E-state index in [1.165, 1.54) is 18.8 Å². The molecule has 122 valence electrons. The van der Waals surface area contributed by atoms with E-state index in [4.69, 9.17) is 22.1 Å². The summed E-state index contributed by atoms with van der Waals surface area (Å²) in [7, 11) is 1.47. The van der Waals surface area contributed by atoms with Crippen LogP contribution in [0.3, 0.4) is 0 Å². The molecule has 1 fully saturated rings. The number of thiocarbonyl (C=S) groups is 1. The molecular formula is C14H13BrN2O4S2. The van der Waals surface area contributed by atoms with E-state index < -0.39 is 6.09 Å². The van der Waals surface area contributed by atoms with Crippen molar-refractivity contribution < 1.29 is 19.4 Å². The van der Waals surface area contributed by atoms with E-state index in [0.717, 1.165) is 9.37 Å². The molecule has 1 aromatic rings. The number of likely N-dealkylation sites (N-methyl/N-ethyl adjacent to an activating group) is 1. The average molecular weight is 417 g/mol. The van der Waals surface area contributed by atoms with Crippen molar-refractivity contribution in [1.82, 2.24) is 10.2 Å². The van der Waals surface area contributed by atoms with Crippen LogP contribution in [0.1, 0.15) is 5.56 Å². The summed E-state index contributed by atoms with van der Waals surface area (Å²) < 4.78 is 6.90. The van der Waals surface area contributed by atoms with E-state index in [0.29, 0.717) is 20.5 Å². The molecule has 0 radical (unpaired) electrons. The minimum Gasteiger partial charge on any atom is -0.491 e. The van der Waals surface area contributed by atoms with Crippen LogP contribution in [0.5, 0.6) is 5.75 Å². The van der Waals surface area contributed by atoms with Gasteiger partial charge in [-0.3, -0.25) is 4.79 Å². The van der Waals surface area contributed by atoms with Gasteiger partial charge in [0.05, 0.1) is 11.4 Å². The van der Waals surface area contributed by atoms with Crippen molar-refractivity contribution in [3.05, 3.63) is 33.1 Å². The molecule has 1 aromatic carbocycles. The largest absolute Gasteiger partial charge is 0.491 e. The van der Waals surface area contributed by atoms with Gasteiger partial charge in [-0.15, -0.1) is 0 Å². The molecule has 0 bridgehead atoms. The molecule has 0 spiro atoms. The molecule has 2 amide bonds. The Hall–Kier alpha value is -1.58. The number of halogens is 1. The zero-order chi connectivity index (χ0) is 17.0. The Morgan fingerprint density at radius 3 is 2.91 bits per heavy atom. The number of nitrogens with zero attached hydrogens (tertiary/aromatic N) is 1. The van der Waals surface area contributed by atoms with Gasteiger partial charge in [0, 0.05) is 17.1 Å². The van der Waals surface area contributed by atoms with Crippen LogP contribution in [-0.4, -0.2) is 46.5 Å². The minimum atomic E-state index is -1.01. The van der Waals surface area contributed by atoms with Crippen LogP contribution in [0.15, 0.2) is 27.6 Å². The Balaban J connectivity index is 2.15. The summed E-state index contributed by atoms with van der Waals surface area (Å²) >= 11 is 9.53. The lowest BCUT2D eigenvalue weighted by Crippen LogP contribution is -2.29. The predicted molar refractivity (Wildman–Crippen MR) is 96.6 cm³/mol. The van der Waals surface area contributed by atoms with E-state index in [2.05, 4.69) is 21.2 Å².